The Kier molecular flexibility index (Phi) is 4.73. The minimum absolute atomic E-state index is 0.0989. The molecule has 21 heavy (non-hydrogen) atoms. The number of imidazole rings is 1. The molecule has 116 valence electrons. The molecule has 1 atom stereocenters. The highest BCUT2D eigenvalue weighted by Crippen LogP contribution is 2.32. The molecular formula is C16H25N3O2. The molecule has 1 aromatic heterocycles. The second-order valence-electron chi connectivity index (χ2n) is 5.90. The van der Waals surface area contributed by atoms with E-state index in [1.807, 2.05) is 32.0 Å². The van der Waals surface area contributed by atoms with Gasteiger partial charge in [-0.15, -0.1) is 0 Å². The van der Waals surface area contributed by atoms with E-state index in [2.05, 4.69) is 23.4 Å². The highest BCUT2D eigenvalue weighted by atomic mass is 16.5. The van der Waals surface area contributed by atoms with Gasteiger partial charge in [-0.2, -0.15) is 0 Å². The van der Waals surface area contributed by atoms with Gasteiger partial charge in [0.1, 0.15) is 11.3 Å². The topological polar surface area (TPSA) is 62.3 Å². The minimum Gasteiger partial charge on any atom is -0.489 e. The molecule has 0 aliphatic heterocycles. The summed E-state index contributed by atoms with van der Waals surface area (Å²) in [6, 6.07) is 6.08. The van der Waals surface area contributed by atoms with Crippen LogP contribution in [0.3, 0.4) is 0 Å². The number of ether oxygens (including phenoxy) is 2. The molecule has 0 bridgehead atoms. The first-order valence-electron chi connectivity index (χ1n) is 7.37. The molecule has 1 heterocycles. The zero-order valence-electron chi connectivity index (χ0n) is 13.5. The fraction of sp³-hybridized carbons (Fsp3) is 0.562. The van der Waals surface area contributed by atoms with Crippen molar-refractivity contribution >= 4 is 17.0 Å². The lowest BCUT2D eigenvalue weighted by Crippen LogP contribution is -2.21. The number of aromatic nitrogens is 2. The fourth-order valence-corrected chi connectivity index (χ4v) is 2.54. The highest BCUT2D eigenvalue weighted by molar-refractivity contribution is 5.84. The molecule has 2 rings (SSSR count). The van der Waals surface area contributed by atoms with Crippen LogP contribution in [0.25, 0.3) is 11.0 Å². The van der Waals surface area contributed by atoms with E-state index in [0.717, 1.165) is 16.8 Å². The molecule has 0 amide bonds. The van der Waals surface area contributed by atoms with E-state index in [9.17, 15) is 0 Å². The molecule has 5 heteroatoms. The van der Waals surface area contributed by atoms with Crippen molar-refractivity contribution in [1.29, 1.82) is 0 Å². The van der Waals surface area contributed by atoms with E-state index in [-0.39, 0.29) is 12.1 Å². The van der Waals surface area contributed by atoms with Gasteiger partial charge in [0.25, 0.3) is 0 Å². The summed E-state index contributed by atoms with van der Waals surface area (Å²) < 4.78 is 13.2. The maximum Gasteiger partial charge on any atom is 0.201 e. The predicted molar refractivity (Wildman–Crippen MR) is 85.7 cm³/mol. The monoisotopic (exact) mass is 291 g/mol. The van der Waals surface area contributed by atoms with E-state index in [1.165, 1.54) is 0 Å². The Balaban J connectivity index is 2.57. The van der Waals surface area contributed by atoms with Crippen LogP contribution in [0.15, 0.2) is 18.2 Å². The van der Waals surface area contributed by atoms with Crippen LogP contribution in [-0.2, 0) is 4.74 Å². The predicted octanol–water partition coefficient (Wildman–Crippen LogP) is 3.25. The fourth-order valence-electron chi connectivity index (χ4n) is 2.54. The van der Waals surface area contributed by atoms with Gasteiger partial charge in [-0.3, -0.25) is 0 Å². The van der Waals surface area contributed by atoms with Crippen LogP contribution in [0.1, 0.15) is 33.7 Å². The molecule has 0 spiro atoms. The first-order chi connectivity index (χ1) is 9.95. The second kappa shape index (κ2) is 6.35. The summed E-state index contributed by atoms with van der Waals surface area (Å²) in [4.78, 5) is 4.51. The third kappa shape index (κ3) is 3.13. The van der Waals surface area contributed by atoms with Gasteiger partial charge in [0.2, 0.25) is 5.95 Å². The van der Waals surface area contributed by atoms with Gasteiger partial charge in [-0.1, -0.05) is 19.9 Å². The van der Waals surface area contributed by atoms with Crippen molar-refractivity contribution in [2.45, 2.75) is 39.8 Å². The van der Waals surface area contributed by atoms with Gasteiger partial charge in [-0.25, -0.2) is 4.98 Å². The number of benzene rings is 1. The van der Waals surface area contributed by atoms with Crippen molar-refractivity contribution in [3.8, 4) is 5.75 Å². The zero-order chi connectivity index (χ0) is 15.6. The molecule has 0 aliphatic rings. The van der Waals surface area contributed by atoms with Crippen molar-refractivity contribution in [3.63, 3.8) is 0 Å². The lowest BCUT2D eigenvalue weighted by atomic mass is 10.0. The largest absolute Gasteiger partial charge is 0.489 e. The average Bonchev–Trinajstić information content (AvgIpc) is 2.72. The van der Waals surface area contributed by atoms with Crippen LogP contribution in [0.4, 0.5) is 5.95 Å². The van der Waals surface area contributed by atoms with Crippen molar-refractivity contribution in [2.75, 3.05) is 19.5 Å². The first kappa shape index (κ1) is 15.6. The summed E-state index contributed by atoms with van der Waals surface area (Å²) in [5, 5.41) is 0. The van der Waals surface area contributed by atoms with Gasteiger partial charge in [-0.05, 0) is 31.9 Å². The molecule has 0 fully saturated rings. The number of nitrogens with two attached hydrogens (primary N) is 1. The summed E-state index contributed by atoms with van der Waals surface area (Å²) in [6.45, 7) is 8.91. The van der Waals surface area contributed by atoms with Crippen LogP contribution in [0.5, 0.6) is 5.75 Å². The molecule has 1 unspecified atom stereocenters. The van der Waals surface area contributed by atoms with Gasteiger partial charge in [0.05, 0.1) is 24.3 Å². The van der Waals surface area contributed by atoms with E-state index in [4.69, 9.17) is 15.2 Å². The summed E-state index contributed by atoms with van der Waals surface area (Å²) in [7, 11) is 1.71. The smallest absolute Gasteiger partial charge is 0.201 e. The number of nitrogen functional groups attached to an aromatic ring is 1. The second-order valence-corrected chi connectivity index (χ2v) is 5.90. The van der Waals surface area contributed by atoms with Crippen LogP contribution in [-0.4, -0.2) is 29.4 Å². The van der Waals surface area contributed by atoms with Crippen molar-refractivity contribution in [2.24, 2.45) is 5.92 Å². The Morgan fingerprint density at radius 3 is 2.52 bits per heavy atom. The van der Waals surface area contributed by atoms with Crippen LogP contribution < -0.4 is 10.5 Å². The molecule has 2 aromatic rings. The summed E-state index contributed by atoms with van der Waals surface area (Å²) in [6.07, 6.45) is 0.0989. The lowest BCUT2D eigenvalue weighted by molar-refractivity contribution is 0.136. The van der Waals surface area contributed by atoms with Crippen molar-refractivity contribution in [1.82, 2.24) is 9.55 Å². The maximum atomic E-state index is 6.16. The summed E-state index contributed by atoms with van der Waals surface area (Å²) in [5.74, 6) is 1.66. The van der Waals surface area contributed by atoms with E-state index >= 15 is 0 Å². The Labute approximate surface area is 126 Å². The molecule has 1 aromatic carbocycles. The summed E-state index contributed by atoms with van der Waals surface area (Å²) in [5.41, 5.74) is 7.96. The Morgan fingerprint density at radius 2 is 1.95 bits per heavy atom. The normalized spacial score (nSPS) is 13.3. The lowest BCUT2D eigenvalue weighted by Gasteiger charge is -2.23. The van der Waals surface area contributed by atoms with Crippen molar-refractivity contribution < 1.29 is 9.47 Å². The van der Waals surface area contributed by atoms with Gasteiger partial charge in [0, 0.05) is 7.11 Å². The van der Waals surface area contributed by atoms with Crippen molar-refractivity contribution in [3.05, 3.63) is 18.2 Å². The van der Waals surface area contributed by atoms with E-state index < -0.39 is 0 Å². The Bertz CT molecular complexity index is 605. The number of anilines is 1. The third-order valence-corrected chi connectivity index (χ3v) is 3.51. The number of fused-ring (bicyclic) bond motifs is 1. The number of hydrogen-bond donors (Lipinski definition) is 1. The highest BCUT2D eigenvalue weighted by Gasteiger charge is 2.22. The Hall–Kier alpha value is -1.75. The number of rotatable bonds is 6. The number of nitrogens with zero attached hydrogens (tertiary/aromatic N) is 2. The van der Waals surface area contributed by atoms with E-state index in [1.54, 1.807) is 7.11 Å². The number of hydrogen-bond acceptors (Lipinski definition) is 4. The molecule has 0 saturated heterocycles. The summed E-state index contributed by atoms with van der Waals surface area (Å²) >= 11 is 0. The Morgan fingerprint density at radius 1 is 1.24 bits per heavy atom. The SMILES string of the molecule is COCC(C(C)C)n1c(N)nc2c(OC(C)C)cccc21. The number of para-hydroxylation sites is 1. The van der Waals surface area contributed by atoms with Crippen LogP contribution in [0.2, 0.25) is 0 Å². The third-order valence-electron chi connectivity index (χ3n) is 3.51. The molecule has 0 saturated carbocycles. The van der Waals surface area contributed by atoms with Crippen LogP contribution >= 0.6 is 0 Å². The zero-order valence-corrected chi connectivity index (χ0v) is 13.5. The van der Waals surface area contributed by atoms with E-state index in [0.29, 0.717) is 18.5 Å². The molecular weight excluding hydrogens is 266 g/mol. The van der Waals surface area contributed by atoms with Gasteiger partial charge >= 0.3 is 0 Å². The standard InChI is InChI=1S/C16H25N3O2/c1-10(2)13(9-20-5)19-12-7-6-8-14(21-11(3)4)15(12)18-16(19)17/h6-8,10-11,13H,9H2,1-5H3,(H2,17,18). The molecule has 2 N–H and O–H groups in total. The molecule has 0 radical (unpaired) electrons. The molecule has 5 nitrogen and oxygen atoms in total. The quantitative estimate of drug-likeness (QED) is 0.887. The number of methoxy groups -OCH3 is 1. The van der Waals surface area contributed by atoms with Gasteiger partial charge in [0.15, 0.2) is 0 Å². The average molecular weight is 291 g/mol. The van der Waals surface area contributed by atoms with Gasteiger partial charge < -0.3 is 19.8 Å². The maximum absolute atomic E-state index is 6.16. The molecule has 0 aliphatic carbocycles. The minimum atomic E-state index is 0.0989. The van der Waals surface area contributed by atoms with Crippen LogP contribution in [0, 0.1) is 5.92 Å². The first-order valence-corrected chi connectivity index (χ1v) is 7.37.